The van der Waals surface area contributed by atoms with Gasteiger partial charge >= 0.3 is 0 Å². The first-order valence-corrected chi connectivity index (χ1v) is 11.5. The van der Waals surface area contributed by atoms with Gasteiger partial charge in [0.2, 0.25) is 11.8 Å². The second-order valence-electron chi connectivity index (χ2n) is 7.42. The number of hydrogen-bond acceptors (Lipinski definition) is 5. The van der Waals surface area contributed by atoms with Gasteiger partial charge in [-0.05, 0) is 74.7 Å². The van der Waals surface area contributed by atoms with Crippen LogP contribution < -0.4 is 15.0 Å². The molecular formula is C24H29N3O3S. The zero-order chi connectivity index (χ0) is 22.4. The highest BCUT2D eigenvalue weighted by atomic mass is 32.2. The number of nitrogens with zero attached hydrogens (tertiary/aromatic N) is 2. The molecule has 0 aromatic heterocycles. The summed E-state index contributed by atoms with van der Waals surface area (Å²) in [6, 6.07) is 13.2. The molecule has 0 spiro atoms. The van der Waals surface area contributed by atoms with E-state index < -0.39 is 5.25 Å². The number of amidine groups is 1. The molecule has 1 aliphatic heterocycles. The highest BCUT2D eigenvalue weighted by molar-refractivity contribution is 8.15. The van der Waals surface area contributed by atoms with Gasteiger partial charge in [0.1, 0.15) is 11.0 Å². The molecule has 0 saturated carbocycles. The standard InChI is InChI=1S/C24H29N3O3S/c1-5-13-30-20-11-9-19(10-12-20)27-22(28)15-21(23(27)29)31-24(25-6-2)26-18-8-7-16(3)17(4)14-18/h7-12,14,21H,5-6,13,15H2,1-4H3,(H,25,26). The van der Waals surface area contributed by atoms with Crippen LogP contribution in [0.5, 0.6) is 5.75 Å². The van der Waals surface area contributed by atoms with Crippen LogP contribution in [0.25, 0.3) is 0 Å². The number of aryl methyl sites for hydroxylation is 2. The Labute approximate surface area is 188 Å². The highest BCUT2D eigenvalue weighted by Crippen LogP contribution is 2.32. The molecule has 2 aromatic carbocycles. The number of amides is 2. The van der Waals surface area contributed by atoms with Crippen molar-refractivity contribution < 1.29 is 14.3 Å². The molecule has 0 bridgehead atoms. The van der Waals surface area contributed by atoms with E-state index in [9.17, 15) is 9.59 Å². The van der Waals surface area contributed by atoms with Crippen molar-refractivity contribution in [3.8, 4) is 5.75 Å². The first kappa shape index (κ1) is 22.9. The molecule has 6 nitrogen and oxygen atoms in total. The molecule has 1 atom stereocenters. The summed E-state index contributed by atoms with van der Waals surface area (Å²) in [5, 5.41) is 3.44. The minimum absolute atomic E-state index is 0.148. The number of carbonyl (C=O) groups excluding carboxylic acids is 2. The summed E-state index contributed by atoms with van der Waals surface area (Å²) in [5.74, 6) is 0.306. The summed E-state index contributed by atoms with van der Waals surface area (Å²) in [6.45, 7) is 9.32. The molecular weight excluding hydrogens is 410 g/mol. The van der Waals surface area contributed by atoms with Crippen LogP contribution in [0.4, 0.5) is 11.4 Å². The Hall–Kier alpha value is -2.80. The molecule has 1 heterocycles. The van der Waals surface area contributed by atoms with Crippen LogP contribution >= 0.6 is 11.8 Å². The maximum absolute atomic E-state index is 13.0. The lowest BCUT2D eigenvalue weighted by Gasteiger charge is -2.16. The second kappa shape index (κ2) is 10.5. The Morgan fingerprint density at radius 3 is 2.52 bits per heavy atom. The Balaban J connectivity index is 1.71. The first-order valence-electron chi connectivity index (χ1n) is 10.6. The number of rotatable bonds is 7. The van der Waals surface area contributed by atoms with Crippen LogP contribution in [-0.2, 0) is 9.59 Å². The lowest BCUT2D eigenvalue weighted by atomic mass is 10.1. The molecule has 2 amide bonds. The second-order valence-corrected chi connectivity index (χ2v) is 8.62. The van der Waals surface area contributed by atoms with Gasteiger partial charge in [-0.15, -0.1) is 0 Å². The zero-order valence-electron chi connectivity index (χ0n) is 18.5. The molecule has 164 valence electrons. The normalized spacial score (nSPS) is 16.7. The van der Waals surface area contributed by atoms with E-state index in [0.717, 1.165) is 17.9 Å². The van der Waals surface area contributed by atoms with Crippen molar-refractivity contribution in [1.82, 2.24) is 0 Å². The van der Waals surface area contributed by atoms with Gasteiger partial charge in [-0.3, -0.25) is 14.6 Å². The van der Waals surface area contributed by atoms with Crippen molar-refractivity contribution in [3.05, 3.63) is 53.6 Å². The minimum atomic E-state index is -0.507. The first-order chi connectivity index (χ1) is 14.9. The highest BCUT2D eigenvalue weighted by Gasteiger charge is 2.40. The Morgan fingerprint density at radius 1 is 1.13 bits per heavy atom. The molecule has 0 aliphatic carbocycles. The average molecular weight is 440 g/mol. The van der Waals surface area contributed by atoms with E-state index in [0.29, 0.717) is 24.0 Å². The SMILES string of the molecule is CCCOc1ccc(N2C(=O)CC(SC(=NCC)Nc3ccc(C)c(C)c3)C2=O)cc1. The smallest absolute Gasteiger partial charge is 0.247 e. The molecule has 3 rings (SSSR count). The van der Waals surface area contributed by atoms with E-state index in [2.05, 4.69) is 30.2 Å². The van der Waals surface area contributed by atoms with E-state index in [1.54, 1.807) is 24.3 Å². The summed E-state index contributed by atoms with van der Waals surface area (Å²) >= 11 is 1.31. The summed E-state index contributed by atoms with van der Waals surface area (Å²) < 4.78 is 5.58. The summed E-state index contributed by atoms with van der Waals surface area (Å²) in [5.41, 5.74) is 3.87. The fourth-order valence-corrected chi connectivity index (χ4v) is 4.29. The lowest BCUT2D eigenvalue weighted by Crippen LogP contribution is -2.31. The van der Waals surface area contributed by atoms with E-state index >= 15 is 0 Å². The third-order valence-electron chi connectivity index (χ3n) is 4.99. The molecule has 31 heavy (non-hydrogen) atoms. The van der Waals surface area contributed by atoms with Gasteiger partial charge in [-0.1, -0.05) is 24.8 Å². The maximum atomic E-state index is 13.0. The maximum Gasteiger partial charge on any atom is 0.247 e. The van der Waals surface area contributed by atoms with Crippen LogP contribution in [0.15, 0.2) is 47.5 Å². The van der Waals surface area contributed by atoms with Crippen molar-refractivity contribution >= 4 is 40.1 Å². The predicted molar refractivity (Wildman–Crippen MR) is 128 cm³/mol. The van der Waals surface area contributed by atoms with Crippen LogP contribution in [0.2, 0.25) is 0 Å². The van der Waals surface area contributed by atoms with Gasteiger partial charge in [0.15, 0.2) is 5.17 Å². The van der Waals surface area contributed by atoms with Gasteiger partial charge in [0.25, 0.3) is 0 Å². The topological polar surface area (TPSA) is 71.0 Å². The number of thioether (sulfide) groups is 1. The number of imide groups is 1. The van der Waals surface area contributed by atoms with Gasteiger partial charge in [-0.2, -0.15) is 0 Å². The fourth-order valence-electron chi connectivity index (χ4n) is 3.21. The van der Waals surface area contributed by atoms with Crippen LogP contribution in [0.1, 0.15) is 37.8 Å². The number of benzene rings is 2. The Bertz CT molecular complexity index is 973. The van der Waals surface area contributed by atoms with Gasteiger partial charge in [0.05, 0.1) is 12.3 Å². The molecule has 2 aromatic rings. The van der Waals surface area contributed by atoms with Crippen LogP contribution in [0, 0.1) is 13.8 Å². The van der Waals surface area contributed by atoms with Crippen molar-refractivity contribution in [1.29, 1.82) is 0 Å². The Morgan fingerprint density at radius 2 is 1.87 bits per heavy atom. The number of anilines is 2. The van der Waals surface area contributed by atoms with Gasteiger partial charge in [-0.25, -0.2) is 4.90 Å². The third kappa shape index (κ3) is 5.67. The number of ether oxygens (including phenoxy) is 1. The van der Waals surface area contributed by atoms with E-state index in [1.807, 2.05) is 26.0 Å². The van der Waals surface area contributed by atoms with Crippen molar-refractivity contribution in [2.24, 2.45) is 4.99 Å². The van der Waals surface area contributed by atoms with Gasteiger partial charge in [0, 0.05) is 18.7 Å². The van der Waals surface area contributed by atoms with E-state index in [4.69, 9.17) is 4.74 Å². The Kier molecular flexibility index (Phi) is 7.74. The van der Waals surface area contributed by atoms with E-state index in [1.165, 1.54) is 27.8 Å². The molecule has 1 N–H and O–H groups in total. The van der Waals surface area contributed by atoms with Gasteiger partial charge < -0.3 is 10.1 Å². The van der Waals surface area contributed by atoms with E-state index in [-0.39, 0.29) is 18.2 Å². The average Bonchev–Trinajstić information content (AvgIpc) is 3.02. The van der Waals surface area contributed by atoms with Crippen LogP contribution in [-0.4, -0.2) is 35.4 Å². The van der Waals surface area contributed by atoms with Crippen LogP contribution in [0.3, 0.4) is 0 Å². The van der Waals surface area contributed by atoms with Crippen molar-refractivity contribution in [2.75, 3.05) is 23.4 Å². The zero-order valence-corrected chi connectivity index (χ0v) is 19.3. The predicted octanol–water partition coefficient (Wildman–Crippen LogP) is 4.95. The fraction of sp³-hybridized carbons (Fsp3) is 0.375. The van der Waals surface area contributed by atoms with Crippen molar-refractivity contribution in [2.45, 2.75) is 45.8 Å². The molecule has 1 unspecified atom stereocenters. The van der Waals surface area contributed by atoms with Crippen molar-refractivity contribution in [3.63, 3.8) is 0 Å². The number of hydrogen-bond donors (Lipinski definition) is 1. The minimum Gasteiger partial charge on any atom is -0.494 e. The summed E-state index contributed by atoms with van der Waals surface area (Å²) in [7, 11) is 0. The monoisotopic (exact) mass is 439 g/mol. The molecule has 1 aliphatic rings. The number of nitrogens with one attached hydrogen (secondary N) is 1. The molecule has 1 saturated heterocycles. The number of aliphatic imine (C=N–C) groups is 1. The number of carbonyl (C=O) groups is 2. The lowest BCUT2D eigenvalue weighted by molar-refractivity contribution is -0.121. The molecule has 7 heteroatoms. The third-order valence-corrected chi connectivity index (χ3v) is 6.09. The quantitative estimate of drug-likeness (QED) is 0.376. The largest absolute Gasteiger partial charge is 0.494 e. The summed E-state index contributed by atoms with van der Waals surface area (Å²) in [4.78, 5) is 31.4. The summed E-state index contributed by atoms with van der Waals surface area (Å²) in [6.07, 6.45) is 1.07. The molecule has 0 radical (unpaired) electrons. The molecule has 1 fully saturated rings.